The first kappa shape index (κ1) is 23.8. The van der Waals surface area contributed by atoms with Gasteiger partial charge in [-0.15, -0.1) is 0 Å². The quantitative estimate of drug-likeness (QED) is 0.386. The maximum atomic E-state index is 13.6. The number of halogens is 3. The van der Waals surface area contributed by atoms with E-state index in [0.717, 1.165) is 23.4 Å². The van der Waals surface area contributed by atoms with Crippen molar-refractivity contribution in [2.24, 2.45) is 4.99 Å². The second-order valence-corrected chi connectivity index (χ2v) is 10.5. The van der Waals surface area contributed by atoms with Crippen molar-refractivity contribution in [3.63, 3.8) is 0 Å². The molecule has 1 aliphatic carbocycles. The van der Waals surface area contributed by atoms with Crippen LogP contribution in [0.5, 0.6) is 0 Å². The Hall–Kier alpha value is -3.35. The van der Waals surface area contributed by atoms with E-state index in [1.54, 1.807) is 12.1 Å². The van der Waals surface area contributed by atoms with Crippen LogP contribution in [0.2, 0.25) is 0 Å². The number of Topliss-reactive ketones (excluding diaryl/α,β-unsaturated/α-hetero) is 1. The van der Waals surface area contributed by atoms with Gasteiger partial charge in [-0.25, -0.2) is 4.99 Å². The third-order valence-electron chi connectivity index (χ3n) is 5.84. The lowest BCUT2D eigenvalue weighted by Crippen LogP contribution is -2.25. The van der Waals surface area contributed by atoms with Gasteiger partial charge in [-0.2, -0.15) is 13.2 Å². The Bertz CT molecular complexity index is 1290. The van der Waals surface area contributed by atoms with E-state index in [-0.39, 0.29) is 39.1 Å². The highest BCUT2D eigenvalue weighted by atomic mass is 19.4. The van der Waals surface area contributed by atoms with Crippen molar-refractivity contribution in [3.05, 3.63) is 76.6 Å². The number of para-hydroxylation sites is 1. The number of hydrogen-bond donors (Lipinski definition) is 0. The van der Waals surface area contributed by atoms with E-state index in [9.17, 15) is 18.0 Å². The predicted octanol–water partition coefficient (Wildman–Crippen LogP) is 7.07. The fourth-order valence-electron chi connectivity index (χ4n) is 4.11. The molecule has 0 amide bonds. The van der Waals surface area contributed by atoms with Crippen LogP contribution in [-0.2, 0) is 17.0 Å². The lowest BCUT2D eigenvalue weighted by Gasteiger charge is -2.29. The minimum absolute atomic E-state index is 0.0367. The molecule has 0 spiro atoms. The number of pyridine rings is 2. The summed E-state index contributed by atoms with van der Waals surface area (Å²) in [5.41, 5.74) is 1.56. The van der Waals surface area contributed by atoms with Crippen molar-refractivity contribution in [1.29, 1.82) is 0 Å². The zero-order valence-corrected chi connectivity index (χ0v) is 20.0. The van der Waals surface area contributed by atoms with Gasteiger partial charge in [0.05, 0.1) is 22.5 Å². The van der Waals surface area contributed by atoms with Gasteiger partial charge in [-0.05, 0) is 40.2 Å². The number of ketones is 1. The molecule has 7 heteroatoms. The van der Waals surface area contributed by atoms with Gasteiger partial charge in [-0.3, -0.25) is 14.8 Å². The first-order valence-corrected chi connectivity index (χ1v) is 11.0. The van der Waals surface area contributed by atoms with Gasteiger partial charge in [0, 0.05) is 18.0 Å². The molecule has 0 bridgehead atoms. The van der Waals surface area contributed by atoms with Crippen LogP contribution in [0.1, 0.15) is 74.2 Å². The van der Waals surface area contributed by atoms with Crippen LogP contribution >= 0.6 is 0 Å². The summed E-state index contributed by atoms with van der Waals surface area (Å²) >= 11 is 0. The van der Waals surface area contributed by atoms with E-state index in [1.807, 2.05) is 59.7 Å². The van der Waals surface area contributed by atoms with Crippen molar-refractivity contribution in [1.82, 2.24) is 9.97 Å². The molecule has 0 unspecified atom stereocenters. The van der Waals surface area contributed by atoms with Crippen LogP contribution in [0, 0.1) is 0 Å². The summed E-state index contributed by atoms with van der Waals surface area (Å²) in [6.07, 6.45) is -2.35. The largest absolute Gasteiger partial charge is 0.417 e. The second-order valence-electron chi connectivity index (χ2n) is 10.5. The van der Waals surface area contributed by atoms with E-state index >= 15 is 0 Å². The van der Waals surface area contributed by atoms with Crippen LogP contribution in [0.3, 0.4) is 0 Å². The minimum Gasteiger partial charge on any atom is -0.287 e. The van der Waals surface area contributed by atoms with Gasteiger partial charge in [0.2, 0.25) is 5.78 Å². The van der Waals surface area contributed by atoms with E-state index in [2.05, 4.69) is 9.97 Å². The maximum Gasteiger partial charge on any atom is 0.417 e. The molecule has 0 fully saturated rings. The number of carbonyl (C=O) groups is 1. The molecule has 34 heavy (non-hydrogen) atoms. The van der Waals surface area contributed by atoms with E-state index < -0.39 is 17.5 Å². The standard InChI is InChI=1S/C27H26F3N3O/c1-25(2,3)18-10-7-11-19(26(4,5)6)23(18)33-22-17-13-15(27(28,29)30)14-32-21(17)20-16(24(22)34)9-8-12-31-20/h7-14H,1-6H3. The molecule has 2 aromatic heterocycles. The summed E-state index contributed by atoms with van der Waals surface area (Å²) in [5.74, 6) is -0.472. The number of alkyl halides is 3. The number of rotatable bonds is 1. The maximum absolute atomic E-state index is 13.6. The first-order chi connectivity index (χ1) is 15.7. The van der Waals surface area contributed by atoms with Crippen LogP contribution < -0.4 is 0 Å². The fourth-order valence-corrected chi connectivity index (χ4v) is 4.11. The number of hydrogen-bond acceptors (Lipinski definition) is 4. The summed E-state index contributed by atoms with van der Waals surface area (Å²) in [6, 6.07) is 10.0. The van der Waals surface area contributed by atoms with Crippen molar-refractivity contribution in [2.75, 3.05) is 0 Å². The number of carbonyl (C=O) groups excluding carboxylic acids is 1. The second kappa shape index (κ2) is 7.86. The van der Waals surface area contributed by atoms with Gasteiger partial charge in [0.15, 0.2) is 0 Å². The molecule has 4 nitrogen and oxygen atoms in total. The normalized spacial score (nSPS) is 15.3. The molecule has 0 atom stereocenters. The van der Waals surface area contributed by atoms with Gasteiger partial charge in [-0.1, -0.05) is 59.7 Å². The Kier molecular flexibility index (Phi) is 5.50. The van der Waals surface area contributed by atoms with E-state index in [0.29, 0.717) is 5.69 Å². The van der Waals surface area contributed by atoms with E-state index in [4.69, 9.17) is 4.99 Å². The van der Waals surface area contributed by atoms with Crippen LogP contribution in [0.15, 0.2) is 53.8 Å². The number of benzene rings is 1. The van der Waals surface area contributed by atoms with Gasteiger partial charge >= 0.3 is 6.18 Å². The van der Waals surface area contributed by atoms with Crippen molar-refractivity contribution in [2.45, 2.75) is 58.5 Å². The minimum atomic E-state index is -4.61. The topological polar surface area (TPSA) is 55.2 Å². The number of aliphatic imine (C=N–C) groups is 1. The molecular formula is C27H26F3N3O. The Morgan fingerprint density at radius 2 is 1.38 bits per heavy atom. The monoisotopic (exact) mass is 465 g/mol. The molecular weight excluding hydrogens is 439 g/mol. The average molecular weight is 466 g/mol. The van der Waals surface area contributed by atoms with Crippen LogP contribution in [-0.4, -0.2) is 21.5 Å². The highest BCUT2D eigenvalue weighted by Crippen LogP contribution is 2.42. The van der Waals surface area contributed by atoms with Gasteiger partial charge in [0.25, 0.3) is 0 Å². The highest BCUT2D eigenvalue weighted by Gasteiger charge is 2.37. The van der Waals surface area contributed by atoms with Gasteiger partial charge < -0.3 is 0 Å². The van der Waals surface area contributed by atoms with Crippen molar-refractivity contribution >= 4 is 17.2 Å². The van der Waals surface area contributed by atoms with Crippen LogP contribution in [0.25, 0.3) is 11.4 Å². The zero-order chi connectivity index (χ0) is 25.1. The molecule has 1 aliphatic rings. The third kappa shape index (κ3) is 4.15. The number of fused-ring (bicyclic) bond motifs is 3. The molecule has 1 aromatic carbocycles. The predicted molar refractivity (Wildman–Crippen MR) is 127 cm³/mol. The average Bonchev–Trinajstić information content (AvgIpc) is 2.74. The Morgan fingerprint density at radius 3 is 1.94 bits per heavy atom. The molecule has 3 aromatic rings. The molecule has 0 aliphatic heterocycles. The Balaban J connectivity index is 2.09. The zero-order valence-electron chi connectivity index (χ0n) is 20.0. The highest BCUT2D eigenvalue weighted by molar-refractivity contribution is 6.55. The molecule has 2 heterocycles. The molecule has 4 rings (SSSR count). The molecule has 0 saturated heterocycles. The number of nitrogens with zero attached hydrogens (tertiary/aromatic N) is 3. The lowest BCUT2D eigenvalue weighted by atomic mass is 9.78. The van der Waals surface area contributed by atoms with Crippen LogP contribution in [0.4, 0.5) is 18.9 Å². The summed E-state index contributed by atoms with van der Waals surface area (Å²) in [5, 5.41) is 0. The smallest absolute Gasteiger partial charge is 0.287 e. The first-order valence-electron chi connectivity index (χ1n) is 11.0. The Morgan fingerprint density at radius 1 is 0.794 bits per heavy atom. The summed E-state index contributed by atoms with van der Waals surface area (Å²) in [7, 11) is 0. The summed E-state index contributed by atoms with van der Waals surface area (Å²) in [6.45, 7) is 12.2. The molecule has 0 N–H and O–H groups in total. The lowest BCUT2D eigenvalue weighted by molar-refractivity contribution is -0.137. The molecule has 176 valence electrons. The molecule has 0 saturated carbocycles. The SMILES string of the molecule is CC(C)(C)c1cccc(C(C)(C)C)c1N=C1C(=O)c2cccnc2-c2ncc(C(F)(F)F)cc21. The summed E-state index contributed by atoms with van der Waals surface area (Å²) in [4.78, 5) is 26.7. The Labute approximate surface area is 197 Å². The van der Waals surface area contributed by atoms with Crippen molar-refractivity contribution in [3.8, 4) is 11.4 Å². The fraction of sp³-hybridized carbons (Fsp3) is 0.333. The van der Waals surface area contributed by atoms with Gasteiger partial charge in [0.1, 0.15) is 11.4 Å². The third-order valence-corrected chi connectivity index (χ3v) is 5.84. The van der Waals surface area contributed by atoms with E-state index in [1.165, 1.54) is 6.20 Å². The number of aromatic nitrogens is 2. The summed E-state index contributed by atoms with van der Waals surface area (Å²) < 4.78 is 40.7. The molecule has 0 radical (unpaired) electrons. The van der Waals surface area contributed by atoms with Crippen molar-refractivity contribution < 1.29 is 18.0 Å².